The largest absolute Gasteiger partial charge is 0.493 e. The summed E-state index contributed by atoms with van der Waals surface area (Å²) in [5.41, 5.74) is 4.73. The molecule has 15 nitrogen and oxygen atoms in total. The van der Waals surface area contributed by atoms with Gasteiger partial charge in [0.15, 0.2) is 29.6 Å². The van der Waals surface area contributed by atoms with Crippen molar-refractivity contribution in [2.45, 2.75) is 26.5 Å². The molecule has 1 atom stereocenters. The molecule has 0 aromatic heterocycles. The number of nitrogens with zero attached hydrogens (tertiary/aromatic N) is 2. The third kappa shape index (κ3) is 8.75. The minimum Gasteiger partial charge on any atom is -0.493 e. The summed E-state index contributed by atoms with van der Waals surface area (Å²) in [6.07, 6.45) is 1.41. The lowest BCUT2D eigenvalue weighted by Crippen LogP contribution is -2.45. The lowest BCUT2D eigenvalue weighted by atomic mass is 9.95. The quantitative estimate of drug-likeness (QED) is 0.100. The van der Waals surface area contributed by atoms with Crippen molar-refractivity contribution >= 4 is 29.8 Å². The molecule has 4 rings (SSSR count). The first-order chi connectivity index (χ1) is 22.6. The minimum atomic E-state index is -0.796. The van der Waals surface area contributed by atoms with E-state index < -0.39 is 35.5 Å². The van der Waals surface area contributed by atoms with Gasteiger partial charge in [0, 0.05) is 17.8 Å². The van der Waals surface area contributed by atoms with Crippen LogP contribution in [0.5, 0.6) is 23.0 Å². The Morgan fingerprint density at radius 2 is 1.72 bits per heavy atom. The van der Waals surface area contributed by atoms with Gasteiger partial charge in [0.05, 0.1) is 43.6 Å². The predicted molar refractivity (Wildman–Crippen MR) is 168 cm³/mol. The molecule has 0 saturated carbocycles. The van der Waals surface area contributed by atoms with E-state index in [-0.39, 0.29) is 36.0 Å². The van der Waals surface area contributed by atoms with Crippen LogP contribution in [0.1, 0.15) is 36.6 Å². The Balaban J connectivity index is 1.35. The number of carbonyl (C=O) groups is 3. The number of hydrogen-bond donors (Lipinski definition) is 3. The number of non-ortho nitro benzene ring substituents is 1. The van der Waals surface area contributed by atoms with E-state index in [0.29, 0.717) is 33.9 Å². The van der Waals surface area contributed by atoms with Crippen molar-refractivity contribution in [1.82, 2.24) is 16.1 Å². The maximum absolute atomic E-state index is 12.6. The van der Waals surface area contributed by atoms with Crippen LogP contribution >= 0.6 is 0 Å². The van der Waals surface area contributed by atoms with Crippen molar-refractivity contribution < 1.29 is 43.0 Å². The summed E-state index contributed by atoms with van der Waals surface area (Å²) in [6.45, 7) is 3.17. The highest BCUT2D eigenvalue weighted by molar-refractivity contribution is 5.95. The van der Waals surface area contributed by atoms with Gasteiger partial charge in [0.2, 0.25) is 0 Å². The van der Waals surface area contributed by atoms with Gasteiger partial charge in [-0.2, -0.15) is 5.10 Å². The molecule has 0 aliphatic carbocycles. The van der Waals surface area contributed by atoms with Crippen molar-refractivity contribution in [1.29, 1.82) is 0 Å². The van der Waals surface area contributed by atoms with Crippen LogP contribution in [0.25, 0.3) is 0 Å². The van der Waals surface area contributed by atoms with Gasteiger partial charge in [-0.15, -0.1) is 0 Å². The zero-order valence-corrected chi connectivity index (χ0v) is 26.0. The standard InChI is InChI=1S/C32H33N5O10/c1-5-45-31(39)29-19(2)34-32(40)35-30(29)22-10-12-25(27(15-22)44-4)47-18-28(38)36-33-16-20-9-11-24(26(14-20)43-3)46-17-21-7-6-8-23(13-21)37(41)42/h6-16,30H,5,17-18H2,1-4H3,(H,36,38)(H2,34,35,40)/b33-16-/t30-/m0/s1. The van der Waals surface area contributed by atoms with Gasteiger partial charge in [0.1, 0.15) is 6.61 Å². The molecule has 1 heterocycles. The van der Waals surface area contributed by atoms with E-state index in [1.54, 1.807) is 62.4 Å². The number of urea groups is 1. The molecule has 1 aliphatic heterocycles. The van der Waals surface area contributed by atoms with Gasteiger partial charge < -0.3 is 34.3 Å². The Labute approximate surface area is 269 Å². The average Bonchev–Trinajstić information content (AvgIpc) is 3.06. The molecular weight excluding hydrogens is 614 g/mol. The number of nitrogens with one attached hydrogen (secondary N) is 3. The summed E-state index contributed by atoms with van der Waals surface area (Å²) in [4.78, 5) is 47.8. The second-order valence-electron chi connectivity index (χ2n) is 9.91. The number of amides is 3. The molecule has 0 radical (unpaired) electrons. The third-order valence-corrected chi connectivity index (χ3v) is 6.75. The average molecular weight is 648 g/mol. The van der Waals surface area contributed by atoms with Gasteiger partial charge in [-0.3, -0.25) is 14.9 Å². The highest BCUT2D eigenvalue weighted by atomic mass is 16.6. The van der Waals surface area contributed by atoms with Crippen LogP contribution in [0.4, 0.5) is 10.5 Å². The molecule has 15 heteroatoms. The number of carbonyl (C=O) groups excluding carboxylic acids is 3. The van der Waals surface area contributed by atoms with Crippen molar-refractivity contribution in [2.24, 2.45) is 5.10 Å². The first-order valence-electron chi connectivity index (χ1n) is 14.3. The van der Waals surface area contributed by atoms with Crippen LogP contribution in [0.2, 0.25) is 0 Å². The Morgan fingerprint density at radius 3 is 2.45 bits per heavy atom. The Morgan fingerprint density at radius 1 is 1.00 bits per heavy atom. The van der Waals surface area contributed by atoms with Crippen LogP contribution in [0, 0.1) is 10.1 Å². The highest BCUT2D eigenvalue weighted by Crippen LogP contribution is 2.35. The molecule has 3 aromatic rings. The summed E-state index contributed by atoms with van der Waals surface area (Å²) in [7, 11) is 2.89. The van der Waals surface area contributed by atoms with Gasteiger partial charge in [-0.25, -0.2) is 15.0 Å². The normalized spacial score (nSPS) is 14.1. The van der Waals surface area contributed by atoms with E-state index in [2.05, 4.69) is 21.2 Å². The molecule has 0 bridgehead atoms. The predicted octanol–water partition coefficient (Wildman–Crippen LogP) is 3.91. The number of nitro groups is 1. The van der Waals surface area contributed by atoms with Crippen LogP contribution in [0.3, 0.4) is 0 Å². The molecule has 0 unspecified atom stereocenters. The van der Waals surface area contributed by atoms with E-state index in [1.165, 1.54) is 32.6 Å². The topological polar surface area (TPSA) is 189 Å². The molecule has 246 valence electrons. The lowest BCUT2D eigenvalue weighted by molar-refractivity contribution is -0.384. The van der Waals surface area contributed by atoms with Crippen LogP contribution < -0.4 is 35.0 Å². The number of rotatable bonds is 14. The summed E-state index contributed by atoms with van der Waals surface area (Å²) in [5.74, 6) is 0.213. The highest BCUT2D eigenvalue weighted by Gasteiger charge is 2.32. The Kier molecular flexibility index (Phi) is 11.3. The number of nitro benzene ring substituents is 1. The van der Waals surface area contributed by atoms with E-state index in [9.17, 15) is 24.5 Å². The number of hydrazone groups is 1. The maximum atomic E-state index is 12.6. The second-order valence-corrected chi connectivity index (χ2v) is 9.91. The SMILES string of the molecule is CCOC(=O)C1=C(C)NC(=O)N[C@H]1c1ccc(OCC(=O)N/N=C\c2ccc(OCc3cccc([N+](=O)[O-])c3)c(OC)c2)c(OC)c1. The van der Waals surface area contributed by atoms with Crippen molar-refractivity contribution in [3.05, 3.63) is 98.7 Å². The van der Waals surface area contributed by atoms with Crippen molar-refractivity contribution in [3.8, 4) is 23.0 Å². The van der Waals surface area contributed by atoms with Gasteiger partial charge in [-0.1, -0.05) is 18.2 Å². The number of benzene rings is 3. The summed E-state index contributed by atoms with van der Waals surface area (Å²) in [5, 5.41) is 20.3. The van der Waals surface area contributed by atoms with Crippen LogP contribution in [-0.4, -0.2) is 56.5 Å². The number of allylic oxidation sites excluding steroid dienone is 1. The van der Waals surface area contributed by atoms with E-state index in [0.717, 1.165) is 0 Å². The molecular formula is C32H33N5O10. The number of hydrogen-bond acceptors (Lipinski definition) is 11. The number of methoxy groups -OCH3 is 2. The molecule has 1 aliphatic rings. The zero-order chi connectivity index (χ0) is 33.9. The number of esters is 1. The van der Waals surface area contributed by atoms with E-state index in [4.69, 9.17) is 23.7 Å². The smallest absolute Gasteiger partial charge is 0.338 e. The first kappa shape index (κ1) is 33.8. The molecule has 3 amide bonds. The van der Waals surface area contributed by atoms with Gasteiger partial charge in [-0.05, 0) is 60.9 Å². The molecule has 0 saturated heterocycles. The molecule has 3 aromatic carbocycles. The number of ether oxygens (including phenoxy) is 5. The molecule has 0 fully saturated rings. The zero-order valence-electron chi connectivity index (χ0n) is 26.0. The maximum Gasteiger partial charge on any atom is 0.338 e. The molecule has 47 heavy (non-hydrogen) atoms. The second kappa shape index (κ2) is 15.7. The minimum absolute atomic E-state index is 0.0309. The van der Waals surface area contributed by atoms with Crippen molar-refractivity contribution in [3.63, 3.8) is 0 Å². The van der Waals surface area contributed by atoms with Crippen LogP contribution in [0.15, 0.2) is 77.0 Å². The van der Waals surface area contributed by atoms with Crippen molar-refractivity contribution in [2.75, 3.05) is 27.4 Å². The summed E-state index contributed by atoms with van der Waals surface area (Å²) < 4.78 is 27.4. The summed E-state index contributed by atoms with van der Waals surface area (Å²) in [6, 6.07) is 14.7. The molecule has 0 spiro atoms. The third-order valence-electron chi connectivity index (χ3n) is 6.75. The first-order valence-corrected chi connectivity index (χ1v) is 14.3. The fraction of sp³-hybridized carbons (Fsp3) is 0.250. The lowest BCUT2D eigenvalue weighted by Gasteiger charge is -2.28. The van der Waals surface area contributed by atoms with Gasteiger partial charge in [0.25, 0.3) is 11.6 Å². The van der Waals surface area contributed by atoms with Crippen LogP contribution in [-0.2, 0) is 20.9 Å². The summed E-state index contributed by atoms with van der Waals surface area (Å²) >= 11 is 0. The fourth-order valence-electron chi connectivity index (χ4n) is 4.57. The Hall–Kier alpha value is -6.12. The monoisotopic (exact) mass is 647 g/mol. The van der Waals surface area contributed by atoms with Gasteiger partial charge >= 0.3 is 12.0 Å². The van der Waals surface area contributed by atoms with E-state index >= 15 is 0 Å². The Bertz CT molecular complexity index is 1720. The molecule has 3 N–H and O–H groups in total. The van der Waals surface area contributed by atoms with E-state index in [1.807, 2.05) is 0 Å². The fourth-order valence-corrected chi connectivity index (χ4v) is 4.57.